The molecule has 0 aromatic heterocycles. The molecule has 5 heteroatoms. The summed E-state index contributed by atoms with van der Waals surface area (Å²) in [5.74, 6) is 0. The molecule has 0 saturated carbocycles. The molecule has 0 aliphatic heterocycles. The minimum atomic E-state index is -0.212. The Morgan fingerprint density at radius 1 is 1.89 bits per heavy atom. The molecule has 1 atom stereocenters. The van der Waals surface area contributed by atoms with Gasteiger partial charge in [0.2, 0.25) is 0 Å². The SMILES string of the molecule is CO[B]NCC(N)CO. The van der Waals surface area contributed by atoms with E-state index >= 15 is 0 Å². The Morgan fingerprint density at radius 2 is 2.56 bits per heavy atom. The summed E-state index contributed by atoms with van der Waals surface area (Å²) < 4.78 is 4.56. The number of nitrogens with one attached hydrogen (secondary N) is 1. The highest BCUT2D eigenvalue weighted by molar-refractivity contribution is 6.23. The maximum Gasteiger partial charge on any atom is 0.395 e. The van der Waals surface area contributed by atoms with Crippen molar-refractivity contribution in [2.24, 2.45) is 5.73 Å². The molecule has 1 unspecified atom stereocenters. The number of aliphatic hydroxyl groups excluding tert-OH is 1. The van der Waals surface area contributed by atoms with E-state index < -0.39 is 0 Å². The van der Waals surface area contributed by atoms with Gasteiger partial charge in [0.15, 0.2) is 0 Å². The lowest BCUT2D eigenvalue weighted by Crippen LogP contribution is -2.38. The number of hydrogen-bond acceptors (Lipinski definition) is 4. The van der Waals surface area contributed by atoms with Crippen LogP contribution in [0.2, 0.25) is 0 Å². The lowest BCUT2D eigenvalue weighted by atomic mass is 10.2. The summed E-state index contributed by atoms with van der Waals surface area (Å²) in [4.78, 5) is 0. The third kappa shape index (κ3) is 5.78. The topological polar surface area (TPSA) is 67.5 Å². The molecule has 0 aromatic carbocycles. The second kappa shape index (κ2) is 6.03. The van der Waals surface area contributed by atoms with Crippen LogP contribution in [0.3, 0.4) is 0 Å². The van der Waals surface area contributed by atoms with Crippen LogP contribution in [0.4, 0.5) is 0 Å². The van der Waals surface area contributed by atoms with Gasteiger partial charge in [-0.1, -0.05) is 0 Å². The maximum atomic E-state index is 8.41. The minimum absolute atomic E-state index is 0.00937. The monoisotopic (exact) mass is 131 g/mol. The molecule has 0 saturated heterocycles. The van der Waals surface area contributed by atoms with Gasteiger partial charge in [0.05, 0.1) is 6.61 Å². The highest BCUT2D eigenvalue weighted by atomic mass is 16.4. The van der Waals surface area contributed by atoms with Crippen LogP contribution in [0.5, 0.6) is 0 Å². The molecule has 0 heterocycles. The smallest absolute Gasteiger partial charge is 0.395 e. The van der Waals surface area contributed by atoms with Crippen molar-refractivity contribution >= 4 is 7.62 Å². The first-order valence-corrected chi connectivity index (χ1v) is 2.75. The zero-order valence-electron chi connectivity index (χ0n) is 5.50. The molecule has 0 rings (SSSR count). The van der Waals surface area contributed by atoms with Gasteiger partial charge in [0.25, 0.3) is 0 Å². The van der Waals surface area contributed by atoms with E-state index in [4.69, 9.17) is 10.8 Å². The van der Waals surface area contributed by atoms with Gasteiger partial charge in [-0.2, -0.15) is 0 Å². The van der Waals surface area contributed by atoms with Crippen molar-refractivity contribution in [2.75, 3.05) is 20.3 Å². The van der Waals surface area contributed by atoms with E-state index in [0.717, 1.165) is 0 Å². The van der Waals surface area contributed by atoms with Crippen molar-refractivity contribution in [1.82, 2.24) is 5.23 Å². The van der Waals surface area contributed by atoms with Crippen LogP contribution in [0.25, 0.3) is 0 Å². The molecule has 0 aromatic rings. The number of hydrogen-bond donors (Lipinski definition) is 3. The summed E-state index contributed by atoms with van der Waals surface area (Å²) in [6.07, 6.45) is 0. The van der Waals surface area contributed by atoms with Gasteiger partial charge < -0.3 is 20.7 Å². The third-order valence-corrected chi connectivity index (χ3v) is 0.816. The van der Waals surface area contributed by atoms with Crippen molar-refractivity contribution in [3.8, 4) is 0 Å². The van der Waals surface area contributed by atoms with Gasteiger partial charge in [-0.05, 0) is 0 Å². The molecule has 53 valence electrons. The molecular weight excluding hydrogens is 119 g/mol. The van der Waals surface area contributed by atoms with E-state index in [1.54, 1.807) is 0 Å². The fourth-order valence-electron chi connectivity index (χ4n) is 0.347. The average Bonchev–Trinajstić information content (AvgIpc) is 1.89. The first-order valence-electron chi connectivity index (χ1n) is 2.75. The highest BCUT2D eigenvalue weighted by Crippen LogP contribution is 1.69. The van der Waals surface area contributed by atoms with Crippen molar-refractivity contribution < 1.29 is 9.76 Å². The van der Waals surface area contributed by atoms with Crippen LogP contribution in [0.1, 0.15) is 0 Å². The number of rotatable bonds is 5. The van der Waals surface area contributed by atoms with Crippen LogP contribution >= 0.6 is 0 Å². The van der Waals surface area contributed by atoms with E-state index in [9.17, 15) is 0 Å². The Morgan fingerprint density at radius 3 is 3.00 bits per heavy atom. The third-order valence-electron chi connectivity index (χ3n) is 0.816. The van der Waals surface area contributed by atoms with Gasteiger partial charge >= 0.3 is 7.62 Å². The van der Waals surface area contributed by atoms with Gasteiger partial charge in [0, 0.05) is 19.7 Å². The molecule has 0 bridgehead atoms. The minimum Gasteiger partial charge on any atom is -0.427 e. The lowest BCUT2D eigenvalue weighted by Gasteiger charge is -2.06. The first-order chi connectivity index (χ1) is 4.31. The standard InChI is InChI=1S/C4H12BN2O2/c1-9-5-7-2-4(6)3-8/h4,7-8H,2-3,6H2,1H3. The van der Waals surface area contributed by atoms with Crippen molar-refractivity contribution in [2.45, 2.75) is 6.04 Å². The van der Waals surface area contributed by atoms with Crippen molar-refractivity contribution in [1.29, 1.82) is 0 Å². The summed E-state index contributed by atoms with van der Waals surface area (Å²) in [7, 11) is 2.97. The average molecular weight is 131 g/mol. The molecule has 0 fully saturated rings. The summed E-state index contributed by atoms with van der Waals surface area (Å²) in [5.41, 5.74) is 5.33. The maximum absolute atomic E-state index is 8.41. The van der Waals surface area contributed by atoms with Crippen LogP contribution in [-0.4, -0.2) is 39.0 Å². The van der Waals surface area contributed by atoms with Gasteiger partial charge in [0.1, 0.15) is 0 Å². The van der Waals surface area contributed by atoms with Gasteiger partial charge in [-0.25, -0.2) is 0 Å². The van der Waals surface area contributed by atoms with Crippen LogP contribution in [0, 0.1) is 0 Å². The quantitative estimate of drug-likeness (QED) is 0.300. The molecule has 0 amide bonds. The molecule has 0 spiro atoms. The number of nitrogens with two attached hydrogens (primary N) is 1. The van der Waals surface area contributed by atoms with E-state index in [2.05, 4.69) is 9.88 Å². The second-order valence-electron chi connectivity index (χ2n) is 1.70. The fraction of sp³-hybridized carbons (Fsp3) is 1.00. The molecule has 4 N–H and O–H groups in total. The normalized spacial score (nSPS) is 13.2. The summed E-state index contributed by atoms with van der Waals surface area (Å²) >= 11 is 0. The predicted octanol–water partition coefficient (Wildman–Crippen LogP) is -1.92. The van der Waals surface area contributed by atoms with Crippen LogP contribution < -0.4 is 11.0 Å². The Hall–Kier alpha value is -0.0951. The lowest BCUT2D eigenvalue weighted by molar-refractivity contribution is 0.265. The molecular formula is C4H12BN2O2. The molecule has 0 aliphatic rings. The van der Waals surface area contributed by atoms with Gasteiger partial charge in [-0.3, -0.25) is 0 Å². The highest BCUT2D eigenvalue weighted by Gasteiger charge is 1.97. The van der Waals surface area contributed by atoms with E-state index in [1.807, 2.05) is 0 Å². The molecule has 4 nitrogen and oxygen atoms in total. The summed E-state index contributed by atoms with van der Waals surface area (Å²) in [6, 6.07) is -0.212. The molecule has 0 aliphatic carbocycles. The first kappa shape index (κ1) is 8.90. The van der Waals surface area contributed by atoms with Crippen molar-refractivity contribution in [3.05, 3.63) is 0 Å². The summed E-state index contributed by atoms with van der Waals surface area (Å²) in [5, 5.41) is 11.2. The van der Waals surface area contributed by atoms with E-state index in [0.29, 0.717) is 6.54 Å². The molecule has 9 heavy (non-hydrogen) atoms. The van der Waals surface area contributed by atoms with Crippen LogP contribution in [-0.2, 0) is 4.65 Å². The number of aliphatic hydroxyl groups is 1. The fourth-order valence-corrected chi connectivity index (χ4v) is 0.347. The Kier molecular flexibility index (Phi) is 5.97. The zero-order chi connectivity index (χ0) is 7.11. The Balaban J connectivity index is 2.88. The largest absolute Gasteiger partial charge is 0.427 e. The predicted molar refractivity (Wildman–Crippen MR) is 35.8 cm³/mol. The van der Waals surface area contributed by atoms with E-state index in [1.165, 1.54) is 14.7 Å². The Labute approximate surface area is 55.7 Å². The van der Waals surface area contributed by atoms with E-state index in [-0.39, 0.29) is 12.6 Å². The van der Waals surface area contributed by atoms with Crippen LogP contribution in [0.15, 0.2) is 0 Å². The summed E-state index contributed by atoms with van der Waals surface area (Å²) in [6.45, 7) is 0.523. The zero-order valence-corrected chi connectivity index (χ0v) is 5.50. The Bertz CT molecular complexity index is 64.5. The molecule has 1 radical (unpaired) electrons. The van der Waals surface area contributed by atoms with Gasteiger partial charge in [-0.15, -0.1) is 0 Å². The second-order valence-corrected chi connectivity index (χ2v) is 1.70. The van der Waals surface area contributed by atoms with Crippen molar-refractivity contribution in [3.63, 3.8) is 0 Å².